The summed E-state index contributed by atoms with van der Waals surface area (Å²) in [5.41, 5.74) is 0.195. The molecule has 4 rings (SSSR count). The van der Waals surface area contributed by atoms with E-state index in [1.165, 1.54) is 22.6 Å². The van der Waals surface area contributed by atoms with Crippen LogP contribution in [0.15, 0.2) is 46.2 Å². The number of thioether (sulfide) groups is 1. The minimum absolute atomic E-state index is 0.190. The number of fused-ring (bicyclic) bond motifs is 6. The molecule has 3 aromatic heterocycles. The number of halogens is 1. The molecule has 0 saturated heterocycles. The highest BCUT2D eigenvalue weighted by Crippen LogP contribution is 2.38. The average Bonchev–Trinajstić information content (AvgIpc) is 3.12. The summed E-state index contributed by atoms with van der Waals surface area (Å²) in [6.07, 6.45) is 6.04. The summed E-state index contributed by atoms with van der Waals surface area (Å²) in [7, 11) is -1.99. The summed E-state index contributed by atoms with van der Waals surface area (Å²) >= 11 is 1.38. The quantitative estimate of drug-likeness (QED) is 0.249. The highest BCUT2D eigenvalue weighted by atomic mass is 32.2. The normalized spacial score (nSPS) is 18.9. The van der Waals surface area contributed by atoms with Crippen molar-refractivity contribution in [2.45, 2.75) is 76.0 Å². The number of aromatic nitrogens is 5. The number of allylic oxidation sites excluding steroid dienone is 2. The molecular weight excluding hydrogens is 469 g/mol. The molecule has 182 valence electrons. The minimum atomic E-state index is -1.99. The second-order valence-electron chi connectivity index (χ2n) is 8.92. The molecule has 34 heavy (non-hydrogen) atoms. The minimum Gasteiger partial charge on any atom is -0.406 e. The Labute approximate surface area is 204 Å². The Kier molecular flexibility index (Phi) is 7.11. The van der Waals surface area contributed by atoms with E-state index < -0.39 is 13.9 Å². The zero-order valence-electron chi connectivity index (χ0n) is 20.5. The van der Waals surface area contributed by atoms with Gasteiger partial charge in [-0.2, -0.15) is 0 Å². The van der Waals surface area contributed by atoms with Crippen LogP contribution in [0.3, 0.4) is 0 Å². The van der Waals surface area contributed by atoms with Crippen molar-refractivity contribution >= 4 is 31.1 Å². The molecule has 0 amide bonds. The molecule has 0 N–H and O–H groups in total. The summed E-state index contributed by atoms with van der Waals surface area (Å²) in [5.74, 6) is 0.142. The highest BCUT2D eigenvalue weighted by Gasteiger charge is 2.40. The predicted octanol–water partition coefficient (Wildman–Crippen LogP) is 5.58. The largest absolute Gasteiger partial charge is 0.406 e. The van der Waals surface area contributed by atoms with Crippen molar-refractivity contribution in [1.82, 2.24) is 24.3 Å². The molecule has 1 aliphatic heterocycles. The first kappa shape index (κ1) is 24.8. The van der Waals surface area contributed by atoms with Crippen LogP contribution in [0.4, 0.5) is 4.39 Å². The first-order valence-corrected chi connectivity index (χ1v) is 15.6. The lowest BCUT2D eigenvalue weighted by atomic mass is 9.95. The number of hydrogen-bond donors (Lipinski definition) is 0. The summed E-state index contributed by atoms with van der Waals surface area (Å²) in [5, 5.41) is 0.871. The molecule has 10 heteroatoms. The van der Waals surface area contributed by atoms with Gasteiger partial charge in [0.25, 0.3) is 5.56 Å². The summed E-state index contributed by atoms with van der Waals surface area (Å²) in [4.78, 5) is 27.0. The lowest BCUT2D eigenvalue weighted by molar-refractivity contribution is 0.0598. The molecule has 2 bridgehead atoms. The van der Waals surface area contributed by atoms with Crippen LogP contribution < -0.4 is 5.56 Å². The number of nitrogens with zero attached hydrogens (tertiary/aromatic N) is 5. The number of rotatable bonds is 6. The average molecular weight is 502 g/mol. The molecule has 3 aromatic rings. The maximum Gasteiger partial charge on any atom is 0.278 e. The SMILES string of the molecule is CC[Si](CC)(CC)OC1(C)CCC=C(F)Cn2c(=O)c3cnc(SC)nc3n2-c2cccc1n2. The van der Waals surface area contributed by atoms with E-state index in [2.05, 4.69) is 37.7 Å². The molecule has 4 heterocycles. The van der Waals surface area contributed by atoms with Gasteiger partial charge in [0.15, 0.2) is 24.9 Å². The maximum atomic E-state index is 15.1. The van der Waals surface area contributed by atoms with E-state index in [0.29, 0.717) is 34.8 Å². The van der Waals surface area contributed by atoms with Crippen LogP contribution in [0, 0.1) is 0 Å². The standard InChI is InChI=1S/C24H32FN5O2SSi/c1-6-34(7-2,8-3)32-24(4)14-10-11-17(25)16-29-22(31)18-15-26-23(33-5)28-21(18)30(29)20-13-9-12-19(24)27-20/h9,11-13,15H,6-8,10,14,16H2,1-5H3. The Balaban J connectivity index is 1.97. The van der Waals surface area contributed by atoms with Crippen LogP contribution in [0.5, 0.6) is 0 Å². The van der Waals surface area contributed by atoms with E-state index in [1.54, 1.807) is 10.8 Å². The fourth-order valence-corrected chi connectivity index (χ4v) is 8.14. The van der Waals surface area contributed by atoms with Crippen LogP contribution in [-0.4, -0.2) is 38.9 Å². The van der Waals surface area contributed by atoms with Gasteiger partial charge in [-0.25, -0.2) is 28.7 Å². The third-order valence-corrected chi connectivity index (χ3v) is 12.3. The van der Waals surface area contributed by atoms with Gasteiger partial charge in [0, 0.05) is 6.20 Å². The molecule has 7 nitrogen and oxygen atoms in total. The number of hydrogen-bond acceptors (Lipinski definition) is 6. The Morgan fingerprint density at radius 2 is 1.94 bits per heavy atom. The first-order chi connectivity index (χ1) is 16.3. The topological polar surface area (TPSA) is 74.8 Å². The fourth-order valence-electron chi connectivity index (χ4n) is 4.71. The van der Waals surface area contributed by atoms with Crippen molar-refractivity contribution < 1.29 is 8.82 Å². The maximum absolute atomic E-state index is 15.1. The molecule has 0 fully saturated rings. The third kappa shape index (κ3) is 4.38. The van der Waals surface area contributed by atoms with Gasteiger partial charge < -0.3 is 4.43 Å². The van der Waals surface area contributed by atoms with Gasteiger partial charge >= 0.3 is 0 Å². The van der Waals surface area contributed by atoms with Crippen LogP contribution in [-0.2, 0) is 16.6 Å². The molecular formula is C24H32FN5O2SSi. The Morgan fingerprint density at radius 3 is 2.62 bits per heavy atom. The van der Waals surface area contributed by atoms with Crippen molar-refractivity contribution in [3.63, 3.8) is 0 Å². The van der Waals surface area contributed by atoms with Crippen molar-refractivity contribution in [3.8, 4) is 5.82 Å². The van der Waals surface area contributed by atoms with Crippen molar-refractivity contribution in [2.24, 2.45) is 0 Å². The van der Waals surface area contributed by atoms with Gasteiger partial charge in [0.2, 0.25) is 0 Å². The molecule has 0 aliphatic carbocycles. The first-order valence-electron chi connectivity index (χ1n) is 11.8. The predicted molar refractivity (Wildman–Crippen MR) is 137 cm³/mol. The Morgan fingerprint density at radius 1 is 1.21 bits per heavy atom. The summed E-state index contributed by atoms with van der Waals surface area (Å²) in [6, 6.07) is 8.74. The highest BCUT2D eigenvalue weighted by molar-refractivity contribution is 7.98. The zero-order chi connectivity index (χ0) is 24.5. The molecule has 0 saturated carbocycles. The molecule has 1 aliphatic rings. The summed E-state index contributed by atoms with van der Waals surface area (Å²) in [6.45, 7) is 8.48. The second kappa shape index (κ2) is 9.75. The Bertz CT molecular complexity index is 1280. The van der Waals surface area contributed by atoms with Gasteiger partial charge in [0.05, 0.1) is 17.8 Å². The molecule has 0 spiro atoms. The Hall–Kier alpha value is -2.30. The monoisotopic (exact) mass is 501 g/mol. The van der Waals surface area contributed by atoms with E-state index in [-0.39, 0.29) is 17.9 Å². The van der Waals surface area contributed by atoms with Gasteiger partial charge in [-0.05, 0) is 56.3 Å². The lowest BCUT2D eigenvalue weighted by Crippen LogP contribution is -2.44. The summed E-state index contributed by atoms with van der Waals surface area (Å²) < 4.78 is 25.0. The van der Waals surface area contributed by atoms with Crippen LogP contribution in [0.2, 0.25) is 18.1 Å². The van der Waals surface area contributed by atoms with Crippen molar-refractivity contribution in [3.05, 3.63) is 52.3 Å². The third-order valence-electron chi connectivity index (χ3n) is 6.99. The fraction of sp³-hybridized carbons (Fsp3) is 0.500. The van der Waals surface area contributed by atoms with Gasteiger partial charge in [-0.15, -0.1) is 0 Å². The van der Waals surface area contributed by atoms with Crippen LogP contribution >= 0.6 is 11.8 Å². The van der Waals surface area contributed by atoms with Gasteiger partial charge in [-0.1, -0.05) is 44.7 Å². The van der Waals surface area contributed by atoms with E-state index in [0.717, 1.165) is 23.8 Å². The van der Waals surface area contributed by atoms with Crippen LogP contribution in [0.25, 0.3) is 16.9 Å². The molecule has 0 aromatic carbocycles. The smallest absolute Gasteiger partial charge is 0.278 e. The van der Waals surface area contributed by atoms with E-state index >= 15 is 4.39 Å². The van der Waals surface area contributed by atoms with Gasteiger partial charge in [0.1, 0.15) is 11.2 Å². The number of pyridine rings is 1. The van der Waals surface area contributed by atoms with Gasteiger partial charge in [-0.3, -0.25) is 4.79 Å². The van der Waals surface area contributed by atoms with E-state index in [9.17, 15) is 4.79 Å². The van der Waals surface area contributed by atoms with E-state index in [4.69, 9.17) is 9.41 Å². The zero-order valence-corrected chi connectivity index (χ0v) is 22.3. The second-order valence-corrected chi connectivity index (χ2v) is 14.4. The van der Waals surface area contributed by atoms with Crippen LogP contribution in [0.1, 0.15) is 46.2 Å². The van der Waals surface area contributed by atoms with Crippen molar-refractivity contribution in [2.75, 3.05) is 6.26 Å². The lowest BCUT2D eigenvalue weighted by Gasteiger charge is -2.40. The molecule has 1 atom stereocenters. The van der Waals surface area contributed by atoms with Crippen molar-refractivity contribution in [1.29, 1.82) is 0 Å². The van der Waals surface area contributed by atoms with E-state index in [1.807, 2.05) is 24.5 Å². The molecule has 1 unspecified atom stereocenters. The molecule has 0 radical (unpaired) electrons.